The Morgan fingerprint density at radius 2 is 2.29 bits per heavy atom. The van der Waals surface area contributed by atoms with Crippen LogP contribution in [0.15, 0.2) is 10.9 Å². The average Bonchev–Trinajstić information content (AvgIpc) is 2.72. The van der Waals surface area contributed by atoms with E-state index in [0.29, 0.717) is 23.5 Å². The zero-order chi connectivity index (χ0) is 12.3. The number of aliphatic hydroxyl groups is 1. The minimum absolute atomic E-state index is 0.134. The molecular formula is C12H19N3O2. The van der Waals surface area contributed by atoms with Crippen LogP contribution in [0.1, 0.15) is 25.1 Å². The Morgan fingerprint density at radius 1 is 1.53 bits per heavy atom. The molecule has 1 fully saturated rings. The molecule has 3 N–H and O–H groups in total. The second-order valence-electron chi connectivity index (χ2n) is 4.73. The van der Waals surface area contributed by atoms with Crippen molar-refractivity contribution in [3.8, 4) is 0 Å². The first kappa shape index (κ1) is 12.1. The summed E-state index contributed by atoms with van der Waals surface area (Å²) in [6.45, 7) is 2.80. The van der Waals surface area contributed by atoms with Crippen LogP contribution in [0.3, 0.4) is 0 Å². The normalized spacial score (nSPS) is 23.9. The predicted octanol–water partition coefficient (Wildman–Crippen LogP) is 0.899. The Morgan fingerprint density at radius 3 is 3.00 bits per heavy atom. The number of anilines is 1. The molecule has 1 saturated carbocycles. The number of hydrogen-bond acceptors (Lipinski definition) is 4. The third kappa shape index (κ3) is 3.06. The maximum atomic E-state index is 11.3. The number of aromatic amines is 1. The lowest BCUT2D eigenvalue weighted by molar-refractivity contribution is 0.199. The molecule has 0 amide bonds. The highest BCUT2D eigenvalue weighted by atomic mass is 16.3. The van der Waals surface area contributed by atoms with Crippen LogP contribution in [-0.2, 0) is 0 Å². The standard InChI is InChI=1S/C12H19N3O2/c1-8-14-11(5-12(17)15-8)13-6-9-3-2-4-10(9)7-16/h5,9-10,16H,2-4,6-7H2,1H3,(H2,13,14,15,17). The minimum atomic E-state index is -0.134. The Bertz CT molecular complexity index is 430. The molecule has 0 radical (unpaired) electrons. The lowest BCUT2D eigenvalue weighted by Gasteiger charge is -2.18. The first-order valence-electron chi connectivity index (χ1n) is 6.11. The van der Waals surface area contributed by atoms with E-state index in [9.17, 15) is 9.90 Å². The summed E-state index contributed by atoms with van der Waals surface area (Å²) in [7, 11) is 0. The molecule has 5 nitrogen and oxygen atoms in total. The monoisotopic (exact) mass is 237 g/mol. The summed E-state index contributed by atoms with van der Waals surface area (Å²) in [4.78, 5) is 18.1. The Kier molecular flexibility index (Phi) is 3.78. The highest BCUT2D eigenvalue weighted by molar-refractivity contribution is 5.32. The number of aromatic nitrogens is 2. The van der Waals surface area contributed by atoms with Crippen molar-refractivity contribution in [2.75, 3.05) is 18.5 Å². The molecule has 1 aromatic rings. The van der Waals surface area contributed by atoms with Crippen LogP contribution in [0.2, 0.25) is 0 Å². The molecule has 1 aliphatic rings. The Balaban J connectivity index is 1.95. The van der Waals surface area contributed by atoms with Crippen molar-refractivity contribution < 1.29 is 5.11 Å². The average molecular weight is 237 g/mol. The van der Waals surface area contributed by atoms with Crippen molar-refractivity contribution in [2.45, 2.75) is 26.2 Å². The second kappa shape index (κ2) is 5.31. The summed E-state index contributed by atoms with van der Waals surface area (Å²) in [5.41, 5.74) is -0.134. The van der Waals surface area contributed by atoms with Gasteiger partial charge in [-0.1, -0.05) is 6.42 Å². The van der Waals surface area contributed by atoms with E-state index in [1.54, 1.807) is 6.92 Å². The van der Waals surface area contributed by atoms with Gasteiger partial charge < -0.3 is 15.4 Å². The van der Waals surface area contributed by atoms with E-state index >= 15 is 0 Å². The van der Waals surface area contributed by atoms with Crippen LogP contribution in [0.4, 0.5) is 5.82 Å². The molecule has 94 valence electrons. The SMILES string of the molecule is Cc1nc(NCC2CCCC2CO)cc(=O)[nH]1. The number of rotatable bonds is 4. The van der Waals surface area contributed by atoms with Crippen molar-refractivity contribution in [1.29, 1.82) is 0 Å². The molecule has 2 unspecified atom stereocenters. The Hall–Kier alpha value is -1.36. The number of hydrogen-bond donors (Lipinski definition) is 3. The van der Waals surface area contributed by atoms with E-state index in [4.69, 9.17) is 0 Å². The molecule has 5 heteroatoms. The third-order valence-electron chi connectivity index (χ3n) is 3.46. The zero-order valence-electron chi connectivity index (χ0n) is 10.1. The van der Waals surface area contributed by atoms with Crippen molar-refractivity contribution in [2.24, 2.45) is 11.8 Å². The van der Waals surface area contributed by atoms with Crippen LogP contribution in [0.25, 0.3) is 0 Å². The number of H-pyrrole nitrogens is 1. The van der Waals surface area contributed by atoms with Gasteiger partial charge in [-0.25, -0.2) is 4.98 Å². The molecule has 0 aliphatic heterocycles. The van der Waals surface area contributed by atoms with Crippen LogP contribution < -0.4 is 10.9 Å². The van der Waals surface area contributed by atoms with Gasteiger partial charge in [0.15, 0.2) is 0 Å². The minimum Gasteiger partial charge on any atom is -0.396 e. The van der Waals surface area contributed by atoms with Crippen molar-refractivity contribution in [3.05, 3.63) is 22.2 Å². The lowest BCUT2D eigenvalue weighted by Crippen LogP contribution is -2.22. The first-order chi connectivity index (χ1) is 8.19. The molecule has 0 spiro atoms. The molecular weight excluding hydrogens is 218 g/mol. The number of aryl methyl sites for hydroxylation is 1. The topological polar surface area (TPSA) is 78.0 Å². The van der Waals surface area contributed by atoms with E-state index in [2.05, 4.69) is 15.3 Å². The summed E-state index contributed by atoms with van der Waals surface area (Å²) in [5.74, 6) is 2.12. The van der Waals surface area contributed by atoms with E-state index in [0.717, 1.165) is 19.4 Å². The largest absolute Gasteiger partial charge is 0.396 e. The molecule has 2 rings (SSSR count). The van der Waals surface area contributed by atoms with E-state index in [1.807, 2.05) is 0 Å². The lowest BCUT2D eigenvalue weighted by atomic mass is 9.97. The van der Waals surface area contributed by atoms with Gasteiger partial charge in [-0.05, 0) is 31.6 Å². The first-order valence-corrected chi connectivity index (χ1v) is 6.11. The fourth-order valence-corrected chi connectivity index (χ4v) is 2.53. The summed E-state index contributed by atoms with van der Waals surface area (Å²) < 4.78 is 0. The summed E-state index contributed by atoms with van der Waals surface area (Å²) >= 11 is 0. The van der Waals surface area contributed by atoms with E-state index in [-0.39, 0.29) is 12.2 Å². The predicted molar refractivity (Wildman–Crippen MR) is 66.0 cm³/mol. The van der Waals surface area contributed by atoms with Gasteiger partial charge in [-0.3, -0.25) is 4.79 Å². The molecule has 0 saturated heterocycles. The van der Waals surface area contributed by atoms with Gasteiger partial charge in [0.2, 0.25) is 0 Å². The maximum absolute atomic E-state index is 11.3. The third-order valence-corrected chi connectivity index (χ3v) is 3.46. The smallest absolute Gasteiger partial charge is 0.252 e. The quantitative estimate of drug-likeness (QED) is 0.727. The van der Waals surface area contributed by atoms with E-state index in [1.165, 1.54) is 12.5 Å². The maximum Gasteiger partial charge on any atom is 0.252 e. The second-order valence-corrected chi connectivity index (χ2v) is 4.73. The van der Waals surface area contributed by atoms with Crippen molar-refractivity contribution >= 4 is 5.82 Å². The summed E-state index contributed by atoms with van der Waals surface area (Å²) in [6, 6.07) is 1.47. The van der Waals surface area contributed by atoms with Gasteiger partial charge in [-0.2, -0.15) is 0 Å². The van der Waals surface area contributed by atoms with Gasteiger partial charge in [0.05, 0.1) is 0 Å². The van der Waals surface area contributed by atoms with Crippen LogP contribution in [-0.4, -0.2) is 28.2 Å². The molecule has 1 aromatic heterocycles. The molecule has 1 aliphatic carbocycles. The van der Waals surface area contributed by atoms with Crippen molar-refractivity contribution in [1.82, 2.24) is 9.97 Å². The van der Waals surface area contributed by atoms with E-state index < -0.39 is 0 Å². The van der Waals surface area contributed by atoms with Gasteiger partial charge in [0.25, 0.3) is 5.56 Å². The van der Waals surface area contributed by atoms with Gasteiger partial charge in [-0.15, -0.1) is 0 Å². The van der Waals surface area contributed by atoms with Crippen molar-refractivity contribution in [3.63, 3.8) is 0 Å². The summed E-state index contributed by atoms with van der Waals surface area (Å²) in [6.07, 6.45) is 3.42. The van der Waals surface area contributed by atoms with Gasteiger partial charge in [0, 0.05) is 19.2 Å². The fourth-order valence-electron chi connectivity index (χ4n) is 2.53. The number of nitrogens with zero attached hydrogens (tertiary/aromatic N) is 1. The highest BCUT2D eigenvalue weighted by Crippen LogP contribution is 2.31. The number of nitrogens with one attached hydrogen (secondary N) is 2. The van der Waals surface area contributed by atoms with Crippen LogP contribution in [0, 0.1) is 18.8 Å². The van der Waals surface area contributed by atoms with Crippen LogP contribution >= 0.6 is 0 Å². The fraction of sp³-hybridized carbons (Fsp3) is 0.667. The van der Waals surface area contributed by atoms with Gasteiger partial charge in [0.1, 0.15) is 11.6 Å². The summed E-state index contributed by atoms with van der Waals surface area (Å²) in [5, 5.41) is 12.4. The van der Waals surface area contributed by atoms with Gasteiger partial charge >= 0.3 is 0 Å². The van der Waals surface area contributed by atoms with Crippen LogP contribution in [0.5, 0.6) is 0 Å². The molecule has 17 heavy (non-hydrogen) atoms. The zero-order valence-corrected chi connectivity index (χ0v) is 10.1. The Labute approximate surface area is 100 Å². The molecule has 0 aromatic carbocycles. The highest BCUT2D eigenvalue weighted by Gasteiger charge is 2.26. The molecule has 2 atom stereocenters. The number of aliphatic hydroxyl groups excluding tert-OH is 1. The molecule has 1 heterocycles. The molecule has 0 bridgehead atoms.